The summed E-state index contributed by atoms with van der Waals surface area (Å²) in [5.74, 6) is 0.857. The molecule has 31 heavy (non-hydrogen) atoms. The predicted octanol–water partition coefficient (Wildman–Crippen LogP) is 7.21. The van der Waals surface area contributed by atoms with E-state index in [1.54, 1.807) is 24.3 Å². The third kappa shape index (κ3) is 4.11. The number of aryl methyl sites for hydroxylation is 1. The van der Waals surface area contributed by atoms with Crippen molar-refractivity contribution in [2.75, 3.05) is 11.9 Å². The molecule has 0 amide bonds. The predicted molar refractivity (Wildman–Crippen MR) is 128 cm³/mol. The number of nitrogens with one attached hydrogen (secondary N) is 1. The van der Waals surface area contributed by atoms with Crippen LogP contribution in [0.5, 0.6) is 5.75 Å². The molecule has 1 aliphatic rings. The normalized spacial score (nSPS) is 13.7. The van der Waals surface area contributed by atoms with E-state index in [1.807, 2.05) is 18.4 Å². The minimum absolute atomic E-state index is 0.287. The zero-order chi connectivity index (χ0) is 22.3. The van der Waals surface area contributed by atoms with Crippen molar-refractivity contribution < 1.29 is 9.53 Å². The summed E-state index contributed by atoms with van der Waals surface area (Å²) in [4.78, 5) is 17.8. The Balaban J connectivity index is 1.93. The van der Waals surface area contributed by atoms with Crippen LogP contribution in [0.2, 0.25) is 15.1 Å². The van der Waals surface area contributed by atoms with Crippen LogP contribution in [-0.4, -0.2) is 22.1 Å². The zero-order valence-corrected chi connectivity index (χ0v) is 20.0. The quantitative estimate of drug-likeness (QED) is 0.309. The minimum atomic E-state index is -0.609. The Hall–Kier alpha value is -1.95. The summed E-state index contributed by atoms with van der Waals surface area (Å²) in [6.45, 7) is 7.44. The van der Waals surface area contributed by atoms with Gasteiger partial charge in [0.05, 0.1) is 10.4 Å². The molecule has 4 rings (SSSR count). The van der Waals surface area contributed by atoms with E-state index < -0.39 is 5.41 Å². The lowest BCUT2D eigenvalue weighted by atomic mass is 9.88. The van der Waals surface area contributed by atoms with Crippen LogP contribution in [0, 0.1) is 5.41 Å². The van der Waals surface area contributed by atoms with Crippen molar-refractivity contribution in [2.24, 2.45) is 5.41 Å². The number of fused-ring (bicyclic) bond motifs is 3. The lowest BCUT2D eigenvalue weighted by molar-refractivity contribution is -0.144. The van der Waals surface area contributed by atoms with Crippen molar-refractivity contribution in [1.82, 2.24) is 9.55 Å². The number of aromatic nitrogens is 2. The van der Waals surface area contributed by atoms with Crippen molar-refractivity contribution in [1.29, 1.82) is 0 Å². The smallest absolute Gasteiger partial charge is 0.316 e. The first-order chi connectivity index (χ1) is 14.7. The van der Waals surface area contributed by atoms with Crippen molar-refractivity contribution in [2.45, 2.75) is 46.6 Å². The first-order valence-electron chi connectivity index (χ1n) is 10.4. The average molecular weight is 481 g/mol. The standard InChI is InChI=1S/C23H24Cl3N3O2/c1-4-8-23(2,3)21(30)31-17-12-15(14-7-6-13(24)11-16(14)25)18(26)19-20(17)29-10-5-9-27-22(29)28-19/h6-7,11-12H,4-5,8-10H2,1-3H3,(H,27,28). The molecule has 0 bridgehead atoms. The van der Waals surface area contributed by atoms with Crippen LogP contribution >= 0.6 is 34.8 Å². The van der Waals surface area contributed by atoms with Crippen LogP contribution in [0.25, 0.3) is 22.2 Å². The topological polar surface area (TPSA) is 56.1 Å². The van der Waals surface area contributed by atoms with Crippen LogP contribution in [-0.2, 0) is 11.3 Å². The fourth-order valence-electron chi connectivity index (χ4n) is 3.98. The molecule has 0 spiro atoms. The van der Waals surface area contributed by atoms with E-state index in [9.17, 15) is 4.79 Å². The fourth-order valence-corrected chi connectivity index (χ4v) is 4.78. The van der Waals surface area contributed by atoms with Gasteiger partial charge in [0.1, 0.15) is 11.0 Å². The highest BCUT2D eigenvalue weighted by Crippen LogP contribution is 2.44. The molecule has 8 heteroatoms. The fraction of sp³-hybridized carbons (Fsp3) is 0.391. The number of ether oxygens (including phenoxy) is 1. The molecule has 0 aliphatic carbocycles. The van der Waals surface area contributed by atoms with Gasteiger partial charge in [0.15, 0.2) is 5.75 Å². The van der Waals surface area contributed by atoms with Gasteiger partial charge in [0, 0.05) is 34.3 Å². The number of rotatable bonds is 5. The van der Waals surface area contributed by atoms with E-state index in [1.165, 1.54) is 0 Å². The van der Waals surface area contributed by atoms with E-state index in [-0.39, 0.29) is 5.97 Å². The third-order valence-corrected chi connectivity index (χ3v) is 6.54. The van der Waals surface area contributed by atoms with Crippen LogP contribution in [0.15, 0.2) is 24.3 Å². The molecular formula is C23H24Cl3N3O2. The van der Waals surface area contributed by atoms with Gasteiger partial charge in [-0.1, -0.05) is 54.2 Å². The van der Waals surface area contributed by atoms with Crippen molar-refractivity contribution in [3.05, 3.63) is 39.3 Å². The largest absolute Gasteiger partial charge is 0.424 e. The summed E-state index contributed by atoms with van der Waals surface area (Å²) in [6.07, 6.45) is 2.55. The molecule has 2 aromatic carbocycles. The van der Waals surface area contributed by atoms with E-state index in [0.29, 0.717) is 48.9 Å². The molecule has 2 heterocycles. The number of halogens is 3. The summed E-state index contributed by atoms with van der Waals surface area (Å²) in [5, 5.41) is 4.74. The molecule has 0 unspecified atom stereocenters. The Kier molecular flexibility index (Phi) is 6.12. The van der Waals surface area contributed by atoms with Gasteiger partial charge < -0.3 is 14.6 Å². The second-order valence-corrected chi connectivity index (χ2v) is 9.67. The molecule has 0 atom stereocenters. The van der Waals surface area contributed by atoms with Crippen LogP contribution in [0.1, 0.15) is 40.0 Å². The molecule has 1 aromatic heterocycles. The van der Waals surface area contributed by atoms with E-state index >= 15 is 0 Å². The highest BCUT2D eigenvalue weighted by molar-refractivity contribution is 6.40. The Morgan fingerprint density at radius 1 is 1.23 bits per heavy atom. The van der Waals surface area contributed by atoms with Gasteiger partial charge in [0.25, 0.3) is 0 Å². The zero-order valence-electron chi connectivity index (χ0n) is 17.7. The lowest BCUT2D eigenvalue weighted by Gasteiger charge is -2.23. The Bertz CT molecular complexity index is 1170. The third-order valence-electron chi connectivity index (χ3n) is 5.61. The summed E-state index contributed by atoms with van der Waals surface area (Å²) in [5.41, 5.74) is 2.01. The van der Waals surface area contributed by atoms with Crippen molar-refractivity contribution in [3.63, 3.8) is 0 Å². The monoisotopic (exact) mass is 479 g/mol. The number of esters is 1. The number of hydrogen-bond acceptors (Lipinski definition) is 4. The highest BCUT2D eigenvalue weighted by Gasteiger charge is 2.31. The SMILES string of the molecule is CCCC(C)(C)C(=O)Oc1cc(-c2ccc(Cl)cc2Cl)c(Cl)c2nc3n(c12)CCCN3. The Morgan fingerprint density at radius 3 is 2.71 bits per heavy atom. The number of nitrogens with zero attached hydrogens (tertiary/aromatic N) is 2. The van der Waals surface area contributed by atoms with Crippen LogP contribution < -0.4 is 10.1 Å². The summed E-state index contributed by atoms with van der Waals surface area (Å²) < 4.78 is 8.02. The maximum absolute atomic E-state index is 13.1. The van der Waals surface area contributed by atoms with Crippen molar-refractivity contribution in [3.8, 4) is 16.9 Å². The molecule has 0 saturated carbocycles. The van der Waals surface area contributed by atoms with E-state index in [4.69, 9.17) is 44.5 Å². The number of hydrogen-bond donors (Lipinski definition) is 1. The van der Waals surface area contributed by atoms with Gasteiger partial charge in [-0.3, -0.25) is 4.79 Å². The number of imidazole rings is 1. The molecule has 0 saturated heterocycles. The summed E-state index contributed by atoms with van der Waals surface area (Å²) >= 11 is 19.4. The Morgan fingerprint density at radius 2 is 2.00 bits per heavy atom. The number of carbonyl (C=O) groups excluding carboxylic acids is 1. The highest BCUT2D eigenvalue weighted by atomic mass is 35.5. The van der Waals surface area contributed by atoms with E-state index in [0.717, 1.165) is 32.4 Å². The number of benzene rings is 2. The number of anilines is 1. The molecular weight excluding hydrogens is 457 g/mol. The molecule has 5 nitrogen and oxygen atoms in total. The van der Waals surface area contributed by atoms with Crippen LogP contribution in [0.4, 0.5) is 5.95 Å². The maximum Gasteiger partial charge on any atom is 0.316 e. The summed E-state index contributed by atoms with van der Waals surface area (Å²) in [7, 11) is 0. The molecule has 3 aromatic rings. The molecule has 164 valence electrons. The molecule has 0 fully saturated rings. The van der Waals surface area contributed by atoms with Crippen molar-refractivity contribution >= 4 is 57.8 Å². The molecule has 0 radical (unpaired) electrons. The van der Waals surface area contributed by atoms with Gasteiger partial charge in [-0.2, -0.15) is 0 Å². The average Bonchev–Trinajstić information content (AvgIpc) is 3.11. The molecule has 1 aliphatic heterocycles. The number of carbonyl (C=O) groups is 1. The second-order valence-electron chi connectivity index (χ2n) is 8.45. The summed E-state index contributed by atoms with van der Waals surface area (Å²) in [6, 6.07) is 7.00. The molecule has 1 N–H and O–H groups in total. The minimum Gasteiger partial charge on any atom is -0.424 e. The second kappa shape index (κ2) is 8.53. The van der Waals surface area contributed by atoms with Gasteiger partial charge >= 0.3 is 5.97 Å². The van der Waals surface area contributed by atoms with Gasteiger partial charge in [-0.05, 0) is 44.9 Å². The maximum atomic E-state index is 13.1. The first kappa shape index (κ1) is 22.3. The Labute approximate surface area is 196 Å². The van der Waals surface area contributed by atoms with E-state index in [2.05, 4.69) is 12.2 Å². The first-order valence-corrected chi connectivity index (χ1v) is 11.5. The van der Waals surface area contributed by atoms with Gasteiger partial charge in [0.2, 0.25) is 5.95 Å². The van der Waals surface area contributed by atoms with Gasteiger partial charge in [-0.15, -0.1) is 0 Å². The van der Waals surface area contributed by atoms with Gasteiger partial charge in [-0.25, -0.2) is 4.98 Å². The van der Waals surface area contributed by atoms with Crippen LogP contribution in [0.3, 0.4) is 0 Å². The lowest BCUT2D eigenvalue weighted by Crippen LogP contribution is -2.29.